The second-order valence-corrected chi connectivity index (χ2v) is 6.64. The van der Waals surface area contributed by atoms with Gasteiger partial charge in [-0.05, 0) is 68.0 Å². The van der Waals surface area contributed by atoms with Crippen LogP contribution in [-0.2, 0) is 0 Å². The molecule has 2 N–H and O–H groups in total. The smallest absolute Gasteiger partial charge is 0.119 e. The molecule has 0 saturated carbocycles. The van der Waals surface area contributed by atoms with Crippen molar-refractivity contribution >= 4 is 18.1 Å². The van der Waals surface area contributed by atoms with Crippen LogP contribution in [0.3, 0.4) is 0 Å². The summed E-state index contributed by atoms with van der Waals surface area (Å²) < 4.78 is 5.53. The first-order valence-corrected chi connectivity index (χ1v) is 9.00. The number of anilines is 1. The van der Waals surface area contributed by atoms with E-state index in [4.69, 9.17) is 10.5 Å². The largest absolute Gasteiger partial charge is 0.494 e. The van der Waals surface area contributed by atoms with Gasteiger partial charge in [-0.25, -0.2) is 0 Å². The van der Waals surface area contributed by atoms with E-state index in [1.807, 2.05) is 13.8 Å². The van der Waals surface area contributed by atoms with Gasteiger partial charge >= 0.3 is 0 Å². The average molecular weight is 361 g/mol. The lowest BCUT2D eigenvalue weighted by molar-refractivity contribution is 0.340. The lowest BCUT2D eigenvalue weighted by Gasteiger charge is -2.34. The fraction of sp³-hybridized carbons (Fsp3) is 0.429. The molecule has 0 amide bonds. The van der Waals surface area contributed by atoms with Crippen molar-refractivity contribution in [1.29, 1.82) is 0 Å². The molecule has 25 heavy (non-hydrogen) atoms. The van der Waals surface area contributed by atoms with Gasteiger partial charge in [-0.3, -0.25) is 0 Å². The maximum Gasteiger partial charge on any atom is 0.119 e. The number of hydrogen-bond donors (Lipinski definition) is 1. The van der Waals surface area contributed by atoms with Crippen molar-refractivity contribution in [3.63, 3.8) is 0 Å². The van der Waals surface area contributed by atoms with E-state index in [1.54, 1.807) is 0 Å². The quantitative estimate of drug-likeness (QED) is 0.823. The molecule has 1 atom stereocenters. The van der Waals surface area contributed by atoms with Gasteiger partial charge in [-0.15, -0.1) is 12.4 Å². The zero-order valence-electron chi connectivity index (χ0n) is 15.2. The van der Waals surface area contributed by atoms with Gasteiger partial charge < -0.3 is 15.4 Å². The van der Waals surface area contributed by atoms with E-state index < -0.39 is 0 Å². The first kappa shape index (κ1) is 19.6. The molecule has 0 aliphatic carbocycles. The molecule has 1 heterocycles. The fourth-order valence-electron chi connectivity index (χ4n) is 3.46. The molecule has 0 radical (unpaired) electrons. The summed E-state index contributed by atoms with van der Waals surface area (Å²) in [7, 11) is 0. The van der Waals surface area contributed by atoms with Gasteiger partial charge in [0.05, 0.1) is 6.61 Å². The van der Waals surface area contributed by atoms with Crippen molar-refractivity contribution in [2.45, 2.75) is 38.6 Å². The van der Waals surface area contributed by atoms with Crippen LogP contribution in [0.15, 0.2) is 48.5 Å². The highest BCUT2D eigenvalue weighted by Crippen LogP contribution is 2.31. The van der Waals surface area contributed by atoms with Gasteiger partial charge in [0.25, 0.3) is 0 Å². The number of benzene rings is 2. The Morgan fingerprint density at radius 2 is 1.64 bits per heavy atom. The normalized spacial score (nSPS) is 16.2. The summed E-state index contributed by atoms with van der Waals surface area (Å²) in [6.07, 6.45) is 2.39. The number of nitrogens with zero attached hydrogens (tertiary/aromatic N) is 1. The van der Waals surface area contributed by atoms with Crippen LogP contribution in [0.5, 0.6) is 5.75 Å². The van der Waals surface area contributed by atoms with E-state index in [0.717, 1.165) is 25.4 Å². The van der Waals surface area contributed by atoms with Crippen molar-refractivity contribution in [1.82, 2.24) is 0 Å². The second kappa shape index (κ2) is 9.12. The minimum Gasteiger partial charge on any atom is -0.494 e. The highest BCUT2D eigenvalue weighted by atomic mass is 35.5. The number of rotatable bonds is 5. The Balaban J connectivity index is 0.00000225. The standard InChI is InChI=1S/C21H28N2O.ClH/c1-3-24-21-10-6-18(7-11-21)19-12-14-23(15-13-19)20-8-4-17(5-9-20)16(2)22;/h4-11,16,19H,3,12-15,22H2,1-2H3;1H/t16-;/m0./s1. The van der Waals surface area contributed by atoms with Crippen LogP contribution in [0.25, 0.3) is 0 Å². The van der Waals surface area contributed by atoms with E-state index in [1.165, 1.54) is 29.7 Å². The van der Waals surface area contributed by atoms with E-state index in [0.29, 0.717) is 5.92 Å². The highest BCUT2D eigenvalue weighted by Gasteiger charge is 2.20. The Morgan fingerprint density at radius 3 is 2.16 bits per heavy atom. The Morgan fingerprint density at radius 1 is 1.04 bits per heavy atom. The summed E-state index contributed by atoms with van der Waals surface area (Å²) in [6, 6.07) is 17.5. The molecule has 3 rings (SSSR count). The number of nitrogens with two attached hydrogens (primary N) is 1. The van der Waals surface area contributed by atoms with Crippen molar-refractivity contribution < 1.29 is 4.74 Å². The maximum absolute atomic E-state index is 5.93. The third kappa shape index (κ3) is 4.90. The summed E-state index contributed by atoms with van der Waals surface area (Å²) >= 11 is 0. The molecular weight excluding hydrogens is 332 g/mol. The monoisotopic (exact) mass is 360 g/mol. The van der Waals surface area contributed by atoms with Crippen molar-refractivity contribution in [2.75, 3.05) is 24.6 Å². The summed E-state index contributed by atoms with van der Waals surface area (Å²) in [5.74, 6) is 1.62. The first-order chi connectivity index (χ1) is 11.7. The third-order valence-corrected chi connectivity index (χ3v) is 4.94. The number of hydrogen-bond acceptors (Lipinski definition) is 3. The maximum atomic E-state index is 5.93. The van der Waals surface area contributed by atoms with Gasteiger partial charge in [0, 0.05) is 24.8 Å². The Labute approximate surface area is 157 Å². The molecule has 2 aromatic rings. The van der Waals surface area contributed by atoms with Crippen LogP contribution in [0, 0.1) is 0 Å². The van der Waals surface area contributed by atoms with Crippen LogP contribution in [0.1, 0.15) is 49.8 Å². The van der Waals surface area contributed by atoms with E-state index >= 15 is 0 Å². The molecule has 0 unspecified atom stereocenters. The predicted octanol–water partition coefficient (Wildman–Crippen LogP) is 4.91. The Hall–Kier alpha value is -1.71. The number of piperidine rings is 1. The molecule has 4 heteroatoms. The Bertz CT molecular complexity index is 632. The zero-order chi connectivity index (χ0) is 16.9. The summed E-state index contributed by atoms with van der Waals surface area (Å²) in [6.45, 7) is 6.98. The number of halogens is 1. The van der Waals surface area contributed by atoms with Crippen LogP contribution < -0.4 is 15.4 Å². The molecular formula is C21H29ClN2O. The van der Waals surface area contributed by atoms with Gasteiger partial charge in [-0.2, -0.15) is 0 Å². The minimum absolute atomic E-state index is 0. The topological polar surface area (TPSA) is 38.5 Å². The molecule has 0 aromatic heterocycles. The van der Waals surface area contributed by atoms with E-state index in [9.17, 15) is 0 Å². The number of ether oxygens (including phenoxy) is 1. The molecule has 0 spiro atoms. The first-order valence-electron chi connectivity index (χ1n) is 9.00. The van der Waals surface area contributed by atoms with Gasteiger partial charge in [0.1, 0.15) is 5.75 Å². The van der Waals surface area contributed by atoms with Gasteiger partial charge in [0.15, 0.2) is 0 Å². The SMILES string of the molecule is CCOc1ccc(C2CCN(c3ccc([C@H](C)N)cc3)CC2)cc1.Cl. The Kier molecular flexibility index (Phi) is 7.15. The summed E-state index contributed by atoms with van der Waals surface area (Å²) in [4.78, 5) is 2.48. The molecule has 136 valence electrons. The fourth-order valence-corrected chi connectivity index (χ4v) is 3.46. The third-order valence-electron chi connectivity index (χ3n) is 4.94. The molecule has 1 saturated heterocycles. The molecule has 0 bridgehead atoms. The highest BCUT2D eigenvalue weighted by molar-refractivity contribution is 5.85. The predicted molar refractivity (Wildman–Crippen MR) is 108 cm³/mol. The molecule has 1 aliphatic heterocycles. The van der Waals surface area contributed by atoms with Crippen LogP contribution >= 0.6 is 12.4 Å². The van der Waals surface area contributed by atoms with Crippen molar-refractivity contribution in [3.05, 3.63) is 59.7 Å². The van der Waals surface area contributed by atoms with Gasteiger partial charge in [0.2, 0.25) is 0 Å². The second-order valence-electron chi connectivity index (χ2n) is 6.64. The average Bonchev–Trinajstić information content (AvgIpc) is 2.63. The van der Waals surface area contributed by atoms with E-state index in [-0.39, 0.29) is 18.4 Å². The van der Waals surface area contributed by atoms with Gasteiger partial charge in [-0.1, -0.05) is 24.3 Å². The summed E-state index contributed by atoms with van der Waals surface area (Å²) in [5.41, 5.74) is 9.87. The summed E-state index contributed by atoms with van der Waals surface area (Å²) in [5, 5.41) is 0. The lowest BCUT2D eigenvalue weighted by Crippen LogP contribution is -2.32. The molecule has 1 fully saturated rings. The van der Waals surface area contributed by atoms with Crippen molar-refractivity contribution in [2.24, 2.45) is 5.73 Å². The van der Waals surface area contributed by atoms with Crippen LogP contribution in [0.4, 0.5) is 5.69 Å². The molecule has 3 nitrogen and oxygen atoms in total. The van der Waals surface area contributed by atoms with Crippen LogP contribution in [0.2, 0.25) is 0 Å². The molecule has 1 aliphatic rings. The van der Waals surface area contributed by atoms with Crippen LogP contribution in [-0.4, -0.2) is 19.7 Å². The molecule has 2 aromatic carbocycles. The minimum atomic E-state index is 0. The zero-order valence-corrected chi connectivity index (χ0v) is 16.0. The lowest BCUT2D eigenvalue weighted by atomic mass is 9.89. The van der Waals surface area contributed by atoms with E-state index in [2.05, 4.69) is 53.4 Å². The van der Waals surface area contributed by atoms with Crippen molar-refractivity contribution in [3.8, 4) is 5.75 Å².